The highest BCUT2D eigenvalue weighted by molar-refractivity contribution is 7.98. The van der Waals surface area contributed by atoms with Crippen LogP contribution in [0.3, 0.4) is 0 Å². The molecule has 4 heteroatoms. The van der Waals surface area contributed by atoms with Crippen molar-refractivity contribution < 1.29 is 4.79 Å². The van der Waals surface area contributed by atoms with Crippen molar-refractivity contribution in [2.24, 2.45) is 17.4 Å². The van der Waals surface area contributed by atoms with Gasteiger partial charge in [-0.05, 0) is 43.4 Å². The fourth-order valence-corrected chi connectivity index (χ4v) is 4.06. The van der Waals surface area contributed by atoms with Crippen LogP contribution < -0.4 is 11.5 Å². The maximum absolute atomic E-state index is 11.5. The number of rotatable bonds is 6. The van der Waals surface area contributed by atoms with Gasteiger partial charge in [0, 0.05) is 5.75 Å². The molecule has 0 aliphatic heterocycles. The molecule has 20 heavy (non-hydrogen) atoms. The van der Waals surface area contributed by atoms with Gasteiger partial charge in [-0.25, -0.2) is 0 Å². The summed E-state index contributed by atoms with van der Waals surface area (Å²) in [6, 6.07) is 8.59. The van der Waals surface area contributed by atoms with E-state index in [4.69, 9.17) is 11.5 Å². The molecule has 1 aromatic rings. The first-order chi connectivity index (χ1) is 9.52. The lowest BCUT2D eigenvalue weighted by Gasteiger charge is -2.27. The Morgan fingerprint density at radius 2 is 2.30 bits per heavy atom. The van der Waals surface area contributed by atoms with Crippen LogP contribution in [0.2, 0.25) is 0 Å². The van der Waals surface area contributed by atoms with Crippen molar-refractivity contribution in [3.8, 4) is 0 Å². The zero-order chi connectivity index (χ0) is 14.6. The second-order valence-electron chi connectivity index (χ2n) is 5.82. The molecule has 1 fully saturated rings. The topological polar surface area (TPSA) is 69.1 Å². The molecular formula is C16H24N2OS. The van der Waals surface area contributed by atoms with E-state index in [1.807, 2.05) is 11.8 Å². The lowest BCUT2D eigenvalue weighted by Crippen LogP contribution is -2.54. The molecule has 0 bridgehead atoms. The SMILES string of the molecule is Cc1cccc(CSCCC2CCCC2(N)C(N)=O)c1. The van der Waals surface area contributed by atoms with Crippen LogP contribution in [-0.2, 0) is 10.5 Å². The number of benzene rings is 1. The van der Waals surface area contributed by atoms with E-state index in [1.165, 1.54) is 11.1 Å². The van der Waals surface area contributed by atoms with Gasteiger partial charge in [-0.3, -0.25) is 4.79 Å². The van der Waals surface area contributed by atoms with Gasteiger partial charge in [0.15, 0.2) is 0 Å². The minimum Gasteiger partial charge on any atom is -0.368 e. The summed E-state index contributed by atoms with van der Waals surface area (Å²) < 4.78 is 0. The number of carbonyl (C=O) groups is 1. The standard InChI is InChI=1S/C16H24N2OS/c1-12-4-2-5-13(10-12)11-20-9-7-14-6-3-8-16(14,18)15(17)19/h2,4-5,10,14H,3,6-9,11,18H2,1H3,(H2,17,19). The highest BCUT2D eigenvalue weighted by Crippen LogP contribution is 2.36. The molecule has 0 radical (unpaired) electrons. The minimum absolute atomic E-state index is 0.255. The van der Waals surface area contributed by atoms with Crippen molar-refractivity contribution >= 4 is 17.7 Å². The summed E-state index contributed by atoms with van der Waals surface area (Å²) in [5.41, 5.74) is 13.5. The molecule has 1 aliphatic rings. The molecule has 0 aromatic heterocycles. The Balaban J connectivity index is 1.77. The Hall–Kier alpha value is -1.00. The Morgan fingerprint density at radius 1 is 1.50 bits per heavy atom. The van der Waals surface area contributed by atoms with Crippen LogP contribution in [0.4, 0.5) is 0 Å². The van der Waals surface area contributed by atoms with Gasteiger partial charge in [-0.2, -0.15) is 11.8 Å². The Kier molecular flexibility index (Phi) is 5.11. The second-order valence-corrected chi connectivity index (χ2v) is 6.93. The highest BCUT2D eigenvalue weighted by atomic mass is 32.2. The van der Waals surface area contributed by atoms with E-state index < -0.39 is 5.54 Å². The summed E-state index contributed by atoms with van der Waals surface area (Å²) in [5.74, 6) is 1.97. The molecule has 1 amide bonds. The summed E-state index contributed by atoms with van der Waals surface area (Å²) in [5, 5.41) is 0. The van der Waals surface area contributed by atoms with Crippen molar-refractivity contribution in [3.05, 3.63) is 35.4 Å². The van der Waals surface area contributed by atoms with Gasteiger partial charge in [0.25, 0.3) is 0 Å². The first kappa shape index (κ1) is 15.4. The second kappa shape index (κ2) is 6.64. The summed E-state index contributed by atoms with van der Waals surface area (Å²) in [6.45, 7) is 2.11. The number of hydrogen-bond acceptors (Lipinski definition) is 3. The third kappa shape index (κ3) is 3.55. The Labute approximate surface area is 125 Å². The van der Waals surface area contributed by atoms with Crippen LogP contribution in [0.25, 0.3) is 0 Å². The lowest BCUT2D eigenvalue weighted by molar-refractivity contribution is -0.124. The molecule has 2 atom stereocenters. The molecule has 0 spiro atoms. The van der Waals surface area contributed by atoms with Crippen molar-refractivity contribution in [3.63, 3.8) is 0 Å². The maximum Gasteiger partial charge on any atom is 0.237 e. The smallest absolute Gasteiger partial charge is 0.237 e. The Morgan fingerprint density at radius 3 is 3.00 bits per heavy atom. The van der Waals surface area contributed by atoms with Crippen molar-refractivity contribution in [1.82, 2.24) is 0 Å². The molecular weight excluding hydrogens is 268 g/mol. The van der Waals surface area contributed by atoms with Crippen LogP contribution >= 0.6 is 11.8 Å². The Bertz CT molecular complexity index is 477. The van der Waals surface area contributed by atoms with Crippen molar-refractivity contribution in [2.75, 3.05) is 5.75 Å². The predicted octanol–water partition coefficient (Wildman–Crippen LogP) is 2.60. The fourth-order valence-electron chi connectivity index (χ4n) is 3.05. The lowest BCUT2D eigenvalue weighted by atomic mass is 9.85. The molecule has 110 valence electrons. The fraction of sp³-hybridized carbons (Fsp3) is 0.562. The van der Waals surface area contributed by atoms with Crippen LogP contribution in [0.15, 0.2) is 24.3 Å². The van der Waals surface area contributed by atoms with E-state index in [-0.39, 0.29) is 11.8 Å². The maximum atomic E-state index is 11.5. The summed E-state index contributed by atoms with van der Waals surface area (Å²) >= 11 is 1.91. The molecule has 1 saturated carbocycles. The van der Waals surface area contributed by atoms with Gasteiger partial charge in [-0.1, -0.05) is 36.2 Å². The molecule has 4 N–H and O–H groups in total. The number of thioether (sulfide) groups is 1. The molecule has 0 saturated heterocycles. The molecule has 1 aromatic carbocycles. The molecule has 1 aliphatic carbocycles. The summed E-state index contributed by atoms with van der Waals surface area (Å²) in [6.07, 6.45) is 3.78. The van der Waals surface area contributed by atoms with Gasteiger partial charge in [0.1, 0.15) is 0 Å². The van der Waals surface area contributed by atoms with Crippen molar-refractivity contribution in [1.29, 1.82) is 0 Å². The normalized spacial score (nSPS) is 25.8. The van der Waals surface area contributed by atoms with Crippen LogP contribution in [0.1, 0.15) is 36.8 Å². The van der Waals surface area contributed by atoms with Gasteiger partial charge >= 0.3 is 0 Å². The van der Waals surface area contributed by atoms with E-state index >= 15 is 0 Å². The van der Waals surface area contributed by atoms with Gasteiger partial charge in [0.05, 0.1) is 5.54 Å². The zero-order valence-electron chi connectivity index (χ0n) is 12.1. The number of aryl methyl sites for hydroxylation is 1. The van der Waals surface area contributed by atoms with E-state index in [1.54, 1.807) is 0 Å². The number of hydrogen-bond donors (Lipinski definition) is 2. The van der Waals surface area contributed by atoms with E-state index in [0.29, 0.717) is 0 Å². The van der Waals surface area contributed by atoms with Gasteiger partial charge < -0.3 is 11.5 Å². The number of carbonyl (C=O) groups excluding carboxylic acids is 1. The number of primary amides is 1. The quantitative estimate of drug-likeness (QED) is 0.792. The van der Waals surface area contributed by atoms with Crippen LogP contribution in [0, 0.1) is 12.8 Å². The first-order valence-electron chi connectivity index (χ1n) is 7.24. The molecule has 2 rings (SSSR count). The average Bonchev–Trinajstić information content (AvgIpc) is 2.78. The number of amides is 1. The van der Waals surface area contributed by atoms with E-state index in [2.05, 4.69) is 31.2 Å². The molecule has 3 nitrogen and oxygen atoms in total. The van der Waals surface area contributed by atoms with E-state index in [9.17, 15) is 4.79 Å². The zero-order valence-corrected chi connectivity index (χ0v) is 12.9. The van der Waals surface area contributed by atoms with Crippen LogP contribution in [0.5, 0.6) is 0 Å². The highest BCUT2D eigenvalue weighted by Gasteiger charge is 2.43. The largest absolute Gasteiger partial charge is 0.368 e. The van der Waals surface area contributed by atoms with E-state index in [0.717, 1.165) is 37.2 Å². The van der Waals surface area contributed by atoms with Crippen LogP contribution in [-0.4, -0.2) is 17.2 Å². The van der Waals surface area contributed by atoms with Gasteiger partial charge in [-0.15, -0.1) is 0 Å². The molecule has 2 unspecified atom stereocenters. The third-order valence-corrected chi connectivity index (χ3v) is 5.35. The first-order valence-corrected chi connectivity index (χ1v) is 8.40. The summed E-state index contributed by atoms with van der Waals surface area (Å²) in [7, 11) is 0. The third-order valence-electron chi connectivity index (χ3n) is 4.29. The van der Waals surface area contributed by atoms with Crippen molar-refractivity contribution in [2.45, 2.75) is 43.9 Å². The average molecular weight is 292 g/mol. The summed E-state index contributed by atoms with van der Waals surface area (Å²) in [4.78, 5) is 11.5. The molecule has 0 heterocycles. The predicted molar refractivity (Wildman–Crippen MR) is 85.4 cm³/mol. The minimum atomic E-state index is -0.760. The number of nitrogens with two attached hydrogens (primary N) is 2. The van der Waals surface area contributed by atoms with Gasteiger partial charge in [0.2, 0.25) is 5.91 Å². The monoisotopic (exact) mass is 292 g/mol.